The van der Waals surface area contributed by atoms with Crippen LogP contribution in [0.5, 0.6) is 0 Å². The molecule has 1 heteroatoms. The molecule has 6 atom stereocenters. The van der Waals surface area contributed by atoms with E-state index in [2.05, 4.69) is 188 Å². The van der Waals surface area contributed by atoms with E-state index < -0.39 is 5.41 Å². The van der Waals surface area contributed by atoms with Crippen molar-refractivity contribution in [3.05, 3.63) is 220 Å². The number of nitrogens with zero attached hydrogens (tertiary/aromatic N) is 1. The second kappa shape index (κ2) is 15.5. The summed E-state index contributed by atoms with van der Waals surface area (Å²) in [5.41, 5.74) is 26.8. The molecule has 3 saturated carbocycles. The van der Waals surface area contributed by atoms with E-state index in [1.165, 1.54) is 143 Å². The van der Waals surface area contributed by atoms with Gasteiger partial charge in [-0.1, -0.05) is 165 Å². The summed E-state index contributed by atoms with van der Waals surface area (Å²) in [5.74, 6) is 5.33. The van der Waals surface area contributed by atoms with Crippen molar-refractivity contribution >= 4 is 17.1 Å². The second-order valence-electron chi connectivity index (χ2n) is 22.6. The first-order chi connectivity index (χ1) is 34.1. The zero-order valence-corrected chi connectivity index (χ0v) is 40.0. The Hall–Kier alpha value is -6.44. The van der Waals surface area contributed by atoms with E-state index in [1.807, 2.05) is 0 Å². The lowest BCUT2D eigenvalue weighted by Gasteiger charge is -2.38. The topological polar surface area (TPSA) is 3.24 Å². The molecule has 3 fully saturated rings. The highest BCUT2D eigenvalue weighted by molar-refractivity contribution is 6.01. The van der Waals surface area contributed by atoms with Gasteiger partial charge in [0.1, 0.15) is 0 Å². The fourth-order valence-electron chi connectivity index (χ4n) is 16.3. The van der Waals surface area contributed by atoms with Crippen LogP contribution < -0.4 is 4.90 Å². The molecular weight excluding hydrogens is 831 g/mol. The third kappa shape index (κ3) is 6.01. The number of para-hydroxylation sites is 1. The van der Waals surface area contributed by atoms with Crippen LogP contribution in [0.15, 0.2) is 176 Å². The first kappa shape index (κ1) is 40.4. The van der Waals surface area contributed by atoms with Crippen LogP contribution in [0, 0.1) is 17.8 Å². The molecule has 16 rings (SSSR count). The van der Waals surface area contributed by atoms with Crippen molar-refractivity contribution < 1.29 is 0 Å². The summed E-state index contributed by atoms with van der Waals surface area (Å²) in [4.78, 5) is 2.55. The number of anilines is 3. The minimum atomic E-state index is -0.403. The van der Waals surface area contributed by atoms with Crippen molar-refractivity contribution in [2.75, 3.05) is 4.90 Å². The summed E-state index contributed by atoms with van der Waals surface area (Å²) in [6.07, 6.45) is 15.1. The average molecular weight is 892 g/mol. The molecule has 1 nitrogen and oxygen atoms in total. The molecule has 0 radical (unpaired) electrons. The third-order valence-corrected chi connectivity index (χ3v) is 19.1. The number of hydrogen-bond donors (Lipinski definition) is 0. The van der Waals surface area contributed by atoms with Crippen molar-refractivity contribution in [2.24, 2.45) is 17.8 Å². The van der Waals surface area contributed by atoms with Crippen molar-refractivity contribution in [3.63, 3.8) is 0 Å². The van der Waals surface area contributed by atoms with Crippen LogP contribution in [0.2, 0.25) is 0 Å². The Kier molecular flexibility index (Phi) is 9.11. The Morgan fingerprint density at radius 3 is 1.62 bits per heavy atom. The molecule has 8 aromatic rings. The number of hydrogen-bond acceptors (Lipinski definition) is 1. The Bertz CT molecular complexity index is 3290. The minimum Gasteiger partial charge on any atom is -0.310 e. The van der Waals surface area contributed by atoms with E-state index in [9.17, 15) is 0 Å². The van der Waals surface area contributed by atoms with Gasteiger partial charge in [0.2, 0.25) is 0 Å². The van der Waals surface area contributed by atoms with Crippen molar-refractivity contribution in [1.82, 2.24) is 0 Å². The molecule has 8 aliphatic rings. The van der Waals surface area contributed by atoms with Crippen LogP contribution in [-0.4, -0.2) is 0 Å². The van der Waals surface area contributed by atoms with Gasteiger partial charge in [-0.25, -0.2) is 0 Å². The molecule has 8 aliphatic carbocycles. The quantitative estimate of drug-likeness (QED) is 0.161. The molecule has 1 spiro atoms. The summed E-state index contributed by atoms with van der Waals surface area (Å²) in [6.45, 7) is 2.47. The van der Waals surface area contributed by atoms with E-state index >= 15 is 0 Å². The van der Waals surface area contributed by atoms with Crippen LogP contribution in [-0.2, 0) is 5.41 Å². The predicted molar refractivity (Wildman–Crippen MR) is 286 cm³/mol. The number of fused-ring (bicyclic) bond motifs is 14. The molecule has 0 N–H and O–H groups in total. The SMILES string of the molecule is CCC1CC2CCCC(C2)c2cc3c(cc21)-c1cc2c(cc1C31c3ccccc3-c3c(N(c4ccccc4)c4ccc(-c5ccc(-c6ccccc6)cc5)cc4)cccc31)C1CC3CC(CC2C3)C1. The highest BCUT2D eigenvalue weighted by Crippen LogP contribution is 2.68. The average Bonchev–Trinajstić information content (AvgIpc) is 3.75. The van der Waals surface area contributed by atoms with Gasteiger partial charge in [-0.15, -0.1) is 0 Å². The van der Waals surface area contributed by atoms with E-state index in [0.29, 0.717) is 23.7 Å². The fraction of sp³-hybridized carbons (Fsp3) is 0.294. The number of rotatable bonds is 6. The molecule has 6 unspecified atom stereocenters. The summed E-state index contributed by atoms with van der Waals surface area (Å²) >= 11 is 0. The lowest BCUT2D eigenvalue weighted by molar-refractivity contribution is 0.166. The lowest BCUT2D eigenvalue weighted by Crippen LogP contribution is -2.27. The zero-order chi connectivity index (χ0) is 45.4. The molecule has 0 amide bonds. The van der Waals surface area contributed by atoms with E-state index in [0.717, 1.165) is 17.8 Å². The van der Waals surface area contributed by atoms with Crippen LogP contribution in [0.1, 0.15) is 146 Å². The summed E-state index contributed by atoms with van der Waals surface area (Å²) in [6, 6.07) is 68.5. The molecule has 0 saturated heterocycles. The van der Waals surface area contributed by atoms with Gasteiger partial charge in [-0.3, -0.25) is 0 Å². The highest BCUT2D eigenvalue weighted by Gasteiger charge is 2.55. The summed E-state index contributed by atoms with van der Waals surface area (Å²) < 4.78 is 0. The van der Waals surface area contributed by atoms with E-state index in [4.69, 9.17) is 0 Å². The summed E-state index contributed by atoms with van der Waals surface area (Å²) in [5, 5.41) is 0. The monoisotopic (exact) mass is 891 g/mol. The number of benzene rings is 8. The largest absolute Gasteiger partial charge is 0.310 e. The van der Waals surface area contributed by atoms with Gasteiger partial charge in [0, 0.05) is 16.9 Å². The van der Waals surface area contributed by atoms with Crippen LogP contribution in [0.3, 0.4) is 0 Å². The maximum Gasteiger partial charge on any atom is 0.0726 e. The lowest BCUT2D eigenvalue weighted by atomic mass is 9.67. The van der Waals surface area contributed by atoms with Crippen LogP contribution in [0.25, 0.3) is 44.5 Å². The Balaban J connectivity index is 0.948. The van der Waals surface area contributed by atoms with Gasteiger partial charge in [-0.05, 0) is 213 Å². The van der Waals surface area contributed by atoms with Crippen molar-refractivity contribution in [1.29, 1.82) is 0 Å². The van der Waals surface area contributed by atoms with Crippen LogP contribution >= 0.6 is 0 Å². The standard InChI is InChI=1S/C68H61N/c1-2-45-32-42-13-11-16-50(33-42)58-40-64-60(38-56(45)58)61-39-57-51-34-43-31-44(35-51)37-52(36-43)59(57)41-65(61)68(64)62-20-10-9-19-55(62)67-63(68)21-12-22-66(67)69(53-17-7-4-8-18-53)54-29-27-49(28-30-54)48-25-23-47(24-26-48)46-14-5-3-6-15-46/h3-10,12,14-15,17-30,38-45,50-52H,2,11,13,16,31-37H2,1H3. The van der Waals surface area contributed by atoms with Crippen LogP contribution in [0.4, 0.5) is 17.1 Å². The maximum atomic E-state index is 2.84. The van der Waals surface area contributed by atoms with Gasteiger partial charge < -0.3 is 4.90 Å². The summed E-state index contributed by atoms with van der Waals surface area (Å²) in [7, 11) is 0. The Labute approximate surface area is 409 Å². The van der Waals surface area contributed by atoms with Crippen molar-refractivity contribution in [2.45, 2.75) is 107 Å². The molecule has 8 aromatic carbocycles. The predicted octanol–water partition coefficient (Wildman–Crippen LogP) is 18.4. The zero-order valence-electron chi connectivity index (χ0n) is 40.0. The third-order valence-electron chi connectivity index (χ3n) is 19.1. The minimum absolute atomic E-state index is 0.403. The second-order valence-corrected chi connectivity index (χ2v) is 22.6. The highest BCUT2D eigenvalue weighted by atomic mass is 15.1. The van der Waals surface area contributed by atoms with Gasteiger partial charge in [0.15, 0.2) is 0 Å². The smallest absolute Gasteiger partial charge is 0.0726 e. The van der Waals surface area contributed by atoms with Crippen molar-refractivity contribution in [3.8, 4) is 44.5 Å². The molecule has 338 valence electrons. The molecular formula is C68H61N. The first-order valence-electron chi connectivity index (χ1n) is 26.8. The van der Waals surface area contributed by atoms with Gasteiger partial charge in [0.05, 0.1) is 11.1 Å². The fourth-order valence-corrected chi connectivity index (χ4v) is 16.3. The van der Waals surface area contributed by atoms with E-state index in [-0.39, 0.29) is 0 Å². The molecule has 69 heavy (non-hydrogen) atoms. The van der Waals surface area contributed by atoms with E-state index in [1.54, 1.807) is 33.4 Å². The Morgan fingerprint density at radius 2 is 0.942 bits per heavy atom. The molecule has 6 bridgehead atoms. The Morgan fingerprint density at radius 1 is 0.406 bits per heavy atom. The molecule has 0 heterocycles. The normalized spacial score (nSPS) is 26.0. The van der Waals surface area contributed by atoms with Gasteiger partial charge in [-0.2, -0.15) is 0 Å². The maximum absolute atomic E-state index is 2.84. The molecule has 0 aliphatic heterocycles. The van der Waals surface area contributed by atoms with Gasteiger partial charge >= 0.3 is 0 Å². The van der Waals surface area contributed by atoms with Gasteiger partial charge in [0.25, 0.3) is 0 Å². The molecule has 0 aromatic heterocycles. The first-order valence-corrected chi connectivity index (χ1v) is 26.8.